The van der Waals surface area contributed by atoms with Crippen LogP contribution in [-0.4, -0.2) is 81.2 Å². The number of hydrogen-bond donors (Lipinski definition) is 5. The Morgan fingerprint density at radius 2 is 2.11 bits per heavy atom. The molecule has 10 heteroatoms. The number of nitrogens with zero attached hydrogens (tertiary/aromatic N) is 3. The van der Waals surface area contributed by atoms with E-state index in [2.05, 4.69) is 37.9 Å². The SMILES string of the molecule is CC/C=C(/NC(CCN(CCCCc1ccc2c(n1)NCCC2)CCOC(C)C)C(=O)O)c1[nH]ncc1O. The maximum Gasteiger partial charge on any atom is 0.326 e. The lowest BCUT2D eigenvalue weighted by Crippen LogP contribution is -2.40. The average molecular weight is 529 g/mol. The van der Waals surface area contributed by atoms with Crippen molar-refractivity contribution in [2.24, 2.45) is 0 Å². The van der Waals surface area contributed by atoms with E-state index < -0.39 is 12.0 Å². The highest BCUT2D eigenvalue weighted by atomic mass is 16.5. The summed E-state index contributed by atoms with van der Waals surface area (Å²) in [6.07, 6.45) is 9.56. The molecule has 210 valence electrons. The number of carboxylic acids is 1. The van der Waals surface area contributed by atoms with Gasteiger partial charge >= 0.3 is 5.97 Å². The highest BCUT2D eigenvalue weighted by molar-refractivity contribution is 5.77. The number of anilines is 1. The van der Waals surface area contributed by atoms with E-state index in [9.17, 15) is 15.0 Å². The molecule has 0 spiro atoms. The maximum atomic E-state index is 12.1. The number of aromatic amines is 1. The second-order valence-electron chi connectivity index (χ2n) is 10.0. The Labute approximate surface area is 225 Å². The summed E-state index contributed by atoms with van der Waals surface area (Å²) in [4.78, 5) is 19.2. The number of H-pyrrole nitrogens is 1. The first-order chi connectivity index (χ1) is 18.4. The predicted octanol–water partition coefficient (Wildman–Crippen LogP) is 3.80. The van der Waals surface area contributed by atoms with Crippen molar-refractivity contribution in [3.63, 3.8) is 0 Å². The average Bonchev–Trinajstić information content (AvgIpc) is 3.33. The summed E-state index contributed by atoms with van der Waals surface area (Å²) in [6.45, 7) is 9.79. The quantitative estimate of drug-likeness (QED) is 0.194. The zero-order valence-electron chi connectivity index (χ0n) is 23.0. The Bertz CT molecular complexity index is 1040. The van der Waals surface area contributed by atoms with Gasteiger partial charge in [-0.05, 0) is 77.0 Å². The van der Waals surface area contributed by atoms with Gasteiger partial charge in [0.05, 0.1) is 24.6 Å². The largest absolute Gasteiger partial charge is 0.504 e. The van der Waals surface area contributed by atoms with E-state index in [1.807, 2.05) is 26.8 Å². The van der Waals surface area contributed by atoms with Crippen LogP contribution in [0.1, 0.15) is 69.8 Å². The fourth-order valence-electron chi connectivity index (χ4n) is 4.57. The minimum absolute atomic E-state index is 0.0157. The Kier molecular flexibility index (Phi) is 11.9. The molecule has 1 aliphatic rings. The number of rotatable bonds is 17. The number of carboxylic acid groups (broad SMARTS) is 1. The van der Waals surface area contributed by atoms with Gasteiger partial charge in [-0.3, -0.25) is 5.10 Å². The molecule has 3 heterocycles. The fraction of sp³-hybridized carbons (Fsp3) is 0.607. The normalized spacial score (nSPS) is 14.4. The van der Waals surface area contributed by atoms with Crippen LogP contribution in [0.2, 0.25) is 0 Å². The molecule has 5 N–H and O–H groups in total. The summed E-state index contributed by atoms with van der Waals surface area (Å²) in [7, 11) is 0. The van der Waals surface area contributed by atoms with E-state index in [-0.39, 0.29) is 11.9 Å². The van der Waals surface area contributed by atoms with Gasteiger partial charge in [-0.25, -0.2) is 9.78 Å². The number of aliphatic carboxylic acids is 1. The molecule has 0 saturated carbocycles. The zero-order valence-corrected chi connectivity index (χ0v) is 23.0. The van der Waals surface area contributed by atoms with E-state index in [4.69, 9.17) is 9.72 Å². The summed E-state index contributed by atoms with van der Waals surface area (Å²) in [5, 5.41) is 33.1. The minimum atomic E-state index is -0.934. The summed E-state index contributed by atoms with van der Waals surface area (Å²) < 4.78 is 5.78. The summed E-state index contributed by atoms with van der Waals surface area (Å²) >= 11 is 0. The topological polar surface area (TPSA) is 136 Å². The van der Waals surface area contributed by atoms with Crippen LogP contribution in [0.25, 0.3) is 5.70 Å². The van der Waals surface area contributed by atoms with Crippen molar-refractivity contribution >= 4 is 17.5 Å². The molecule has 10 nitrogen and oxygen atoms in total. The molecule has 3 rings (SSSR count). The summed E-state index contributed by atoms with van der Waals surface area (Å²) in [6, 6.07) is 3.53. The molecule has 0 amide bonds. The first kappa shape index (κ1) is 29.4. The van der Waals surface area contributed by atoms with E-state index in [1.54, 1.807) is 0 Å². The Balaban J connectivity index is 1.54. The molecule has 0 saturated heterocycles. The number of nitrogens with one attached hydrogen (secondary N) is 3. The summed E-state index contributed by atoms with van der Waals surface area (Å²) in [5.74, 6) is 0.0860. The molecule has 0 radical (unpaired) electrons. The number of pyridine rings is 1. The lowest BCUT2D eigenvalue weighted by Gasteiger charge is -2.25. The van der Waals surface area contributed by atoms with Crippen molar-refractivity contribution in [1.82, 2.24) is 25.4 Å². The molecular formula is C28H44N6O4. The number of ether oxygens (including phenoxy) is 1. The molecular weight excluding hydrogens is 484 g/mol. The van der Waals surface area contributed by atoms with Gasteiger partial charge in [0.1, 0.15) is 17.6 Å². The van der Waals surface area contributed by atoms with Crippen LogP contribution in [0.4, 0.5) is 5.82 Å². The third-order valence-electron chi connectivity index (χ3n) is 6.63. The van der Waals surface area contributed by atoms with E-state index >= 15 is 0 Å². The number of carbonyl (C=O) groups is 1. The third kappa shape index (κ3) is 9.33. The first-order valence-corrected chi connectivity index (χ1v) is 13.9. The van der Waals surface area contributed by atoms with Crippen LogP contribution in [0.5, 0.6) is 5.75 Å². The number of unbranched alkanes of at least 4 members (excludes halogenated alkanes) is 1. The monoisotopic (exact) mass is 528 g/mol. The van der Waals surface area contributed by atoms with Crippen LogP contribution in [0.3, 0.4) is 0 Å². The number of allylic oxidation sites excluding steroid dienone is 1. The van der Waals surface area contributed by atoms with E-state index in [0.717, 1.165) is 63.3 Å². The Hall–Kier alpha value is -3.11. The molecule has 0 bridgehead atoms. The van der Waals surface area contributed by atoms with Gasteiger partial charge in [-0.15, -0.1) is 0 Å². The number of aryl methyl sites for hydroxylation is 2. The van der Waals surface area contributed by atoms with E-state index in [0.29, 0.717) is 37.4 Å². The van der Waals surface area contributed by atoms with Crippen LogP contribution in [0.15, 0.2) is 24.4 Å². The van der Waals surface area contributed by atoms with Crippen molar-refractivity contribution in [3.8, 4) is 5.75 Å². The fourth-order valence-corrected chi connectivity index (χ4v) is 4.57. The minimum Gasteiger partial charge on any atom is -0.504 e. The lowest BCUT2D eigenvalue weighted by atomic mass is 10.1. The van der Waals surface area contributed by atoms with Gasteiger partial charge in [0.25, 0.3) is 0 Å². The van der Waals surface area contributed by atoms with Gasteiger partial charge in [0, 0.05) is 25.3 Å². The van der Waals surface area contributed by atoms with Crippen molar-refractivity contribution < 1.29 is 19.7 Å². The second-order valence-corrected chi connectivity index (χ2v) is 10.0. The van der Waals surface area contributed by atoms with Gasteiger partial charge in [0.15, 0.2) is 5.75 Å². The van der Waals surface area contributed by atoms with E-state index in [1.165, 1.54) is 11.8 Å². The first-order valence-electron chi connectivity index (χ1n) is 13.9. The second kappa shape index (κ2) is 15.3. The Morgan fingerprint density at radius 1 is 1.26 bits per heavy atom. The number of aromatic nitrogens is 3. The molecule has 1 aliphatic heterocycles. The Morgan fingerprint density at radius 3 is 2.82 bits per heavy atom. The third-order valence-corrected chi connectivity index (χ3v) is 6.63. The highest BCUT2D eigenvalue weighted by Crippen LogP contribution is 2.22. The number of aromatic hydroxyl groups is 1. The smallest absolute Gasteiger partial charge is 0.326 e. The number of fused-ring (bicyclic) bond motifs is 1. The van der Waals surface area contributed by atoms with Gasteiger partial charge in [0.2, 0.25) is 0 Å². The van der Waals surface area contributed by atoms with Crippen molar-refractivity contribution in [2.75, 3.05) is 38.1 Å². The molecule has 1 unspecified atom stereocenters. The maximum absolute atomic E-state index is 12.1. The van der Waals surface area contributed by atoms with Crippen LogP contribution >= 0.6 is 0 Å². The lowest BCUT2D eigenvalue weighted by molar-refractivity contribution is -0.139. The van der Waals surface area contributed by atoms with Crippen molar-refractivity contribution in [1.29, 1.82) is 0 Å². The molecule has 2 aromatic rings. The van der Waals surface area contributed by atoms with Crippen LogP contribution in [0, 0.1) is 0 Å². The zero-order chi connectivity index (χ0) is 27.3. The van der Waals surface area contributed by atoms with Gasteiger partial charge in [-0.2, -0.15) is 5.10 Å². The molecule has 0 aliphatic carbocycles. The molecule has 38 heavy (non-hydrogen) atoms. The molecule has 0 aromatic carbocycles. The van der Waals surface area contributed by atoms with Crippen LogP contribution < -0.4 is 10.6 Å². The molecule has 1 atom stereocenters. The molecule has 0 fully saturated rings. The van der Waals surface area contributed by atoms with Crippen molar-refractivity contribution in [2.45, 2.75) is 77.9 Å². The van der Waals surface area contributed by atoms with Crippen molar-refractivity contribution in [3.05, 3.63) is 41.4 Å². The standard InChI is InChI=1S/C28H44N6O4/c1-4-8-23(26-25(35)19-30-33-26)32-24(28(36)37)13-16-34(17-18-38-20(2)3)15-6-5-10-22-12-11-21-9-7-14-29-27(21)31-22/h8,11-12,19-20,24,32,35H,4-7,9-10,13-18H2,1-3H3,(H,29,31)(H,30,33)(H,36,37)/b23-8+. The number of hydrogen-bond acceptors (Lipinski definition) is 8. The highest BCUT2D eigenvalue weighted by Gasteiger charge is 2.22. The predicted molar refractivity (Wildman–Crippen MR) is 149 cm³/mol. The summed E-state index contributed by atoms with van der Waals surface area (Å²) in [5.41, 5.74) is 3.35. The van der Waals surface area contributed by atoms with Gasteiger partial charge < -0.3 is 30.5 Å². The van der Waals surface area contributed by atoms with Gasteiger partial charge in [-0.1, -0.05) is 19.1 Å². The van der Waals surface area contributed by atoms with Crippen LogP contribution in [-0.2, 0) is 22.4 Å². The molecule has 2 aromatic heterocycles.